The van der Waals surface area contributed by atoms with Crippen molar-refractivity contribution < 1.29 is 28.6 Å². The van der Waals surface area contributed by atoms with Crippen molar-refractivity contribution >= 4 is 34.9 Å². The molecule has 0 aliphatic carbocycles. The number of hydrogen-bond acceptors (Lipinski definition) is 7. The molecule has 0 unspecified atom stereocenters. The van der Waals surface area contributed by atoms with Gasteiger partial charge in [-0.05, 0) is 54.6 Å². The number of nitrogens with zero attached hydrogens (tertiary/aromatic N) is 2. The van der Waals surface area contributed by atoms with Gasteiger partial charge in [0, 0.05) is 13.1 Å². The Morgan fingerprint density at radius 2 is 1.56 bits per heavy atom. The van der Waals surface area contributed by atoms with Crippen molar-refractivity contribution in [1.29, 1.82) is 0 Å². The number of morpholine rings is 1. The lowest BCUT2D eigenvalue weighted by Gasteiger charge is -2.28. The van der Waals surface area contributed by atoms with Gasteiger partial charge in [0.05, 0.1) is 18.1 Å². The van der Waals surface area contributed by atoms with Crippen LogP contribution in [0.2, 0.25) is 0 Å². The van der Waals surface area contributed by atoms with Crippen LogP contribution in [-0.2, 0) is 14.3 Å². The molecule has 0 aromatic heterocycles. The predicted molar refractivity (Wildman–Crippen MR) is 129 cm³/mol. The van der Waals surface area contributed by atoms with Crippen molar-refractivity contribution in [2.75, 3.05) is 46.1 Å². The van der Waals surface area contributed by atoms with Gasteiger partial charge in [-0.3, -0.25) is 19.3 Å². The molecule has 0 saturated carbocycles. The number of carbonyl (C=O) groups excluding carboxylic acids is 3. The molecule has 0 radical (unpaired) electrons. The molecule has 0 N–H and O–H groups in total. The zero-order valence-corrected chi connectivity index (χ0v) is 19.7. The molecule has 2 saturated heterocycles. The minimum Gasteiger partial charge on any atom is -0.490 e. The maximum Gasteiger partial charge on any atom is 0.294 e. The van der Waals surface area contributed by atoms with Gasteiger partial charge in [-0.25, -0.2) is 0 Å². The third-order valence-corrected chi connectivity index (χ3v) is 6.26. The second-order valence-electron chi connectivity index (χ2n) is 7.84. The van der Waals surface area contributed by atoms with Gasteiger partial charge in [0.1, 0.15) is 31.3 Å². The summed E-state index contributed by atoms with van der Waals surface area (Å²) in [7, 11) is 0. The van der Waals surface area contributed by atoms with E-state index in [2.05, 4.69) is 0 Å². The Kier molecular flexibility index (Phi) is 7.87. The normalized spacial score (nSPS) is 17.4. The number of benzene rings is 2. The molecule has 178 valence electrons. The standard InChI is InChI=1S/C25H26N2O6S/c1-18-2-6-20(7-3-18)32-14-15-33-21-8-4-19(5-9-21)16-22-24(29)27(25(30)34-22)17-23(28)26-10-12-31-13-11-26/h2-9,16H,10-15,17H2,1H3/b22-16-. The number of thioether (sulfide) groups is 1. The van der Waals surface area contributed by atoms with Crippen LogP contribution in [-0.4, -0.2) is 72.9 Å². The third kappa shape index (κ3) is 6.18. The van der Waals surface area contributed by atoms with Crippen LogP contribution < -0.4 is 9.47 Å². The molecule has 2 aromatic rings. The van der Waals surface area contributed by atoms with Gasteiger partial charge >= 0.3 is 0 Å². The zero-order valence-electron chi connectivity index (χ0n) is 18.9. The predicted octanol–water partition coefficient (Wildman–Crippen LogP) is 3.35. The van der Waals surface area contributed by atoms with Crippen LogP contribution in [0.4, 0.5) is 4.79 Å². The van der Waals surface area contributed by atoms with Crippen molar-refractivity contribution in [2.24, 2.45) is 0 Å². The molecule has 2 aliphatic rings. The fraction of sp³-hybridized carbons (Fsp3) is 0.320. The van der Waals surface area contributed by atoms with Gasteiger partial charge in [0.2, 0.25) is 5.91 Å². The van der Waals surface area contributed by atoms with E-state index in [1.165, 1.54) is 5.56 Å². The lowest BCUT2D eigenvalue weighted by molar-refractivity contribution is -0.139. The summed E-state index contributed by atoms with van der Waals surface area (Å²) in [6, 6.07) is 15.0. The first-order chi connectivity index (χ1) is 16.5. The number of carbonyl (C=O) groups is 3. The summed E-state index contributed by atoms with van der Waals surface area (Å²) in [6.07, 6.45) is 1.65. The number of hydrogen-bond donors (Lipinski definition) is 0. The first-order valence-corrected chi connectivity index (χ1v) is 11.8. The van der Waals surface area contributed by atoms with Crippen molar-refractivity contribution in [3.63, 3.8) is 0 Å². The number of rotatable bonds is 8. The number of aryl methyl sites for hydroxylation is 1. The molecule has 8 nitrogen and oxygen atoms in total. The number of amides is 3. The van der Waals surface area contributed by atoms with Crippen molar-refractivity contribution in [3.05, 3.63) is 64.6 Å². The quantitative estimate of drug-likeness (QED) is 0.421. The molecule has 4 rings (SSSR count). The van der Waals surface area contributed by atoms with E-state index in [1.54, 1.807) is 23.1 Å². The van der Waals surface area contributed by atoms with Crippen molar-refractivity contribution in [2.45, 2.75) is 6.92 Å². The van der Waals surface area contributed by atoms with Crippen LogP contribution in [0.3, 0.4) is 0 Å². The average Bonchev–Trinajstić information content (AvgIpc) is 3.11. The molecule has 0 atom stereocenters. The van der Waals surface area contributed by atoms with Crippen LogP contribution in [0.15, 0.2) is 53.4 Å². The minimum atomic E-state index is -0.454. The minimum absolute atomic E-state index is 0.250. The second-order valence-corrected chi connectivity index (χ2v) is 8.83. The van der Waals surface area contributed by atoms with E-state index in [1.807, 2.05) is 43.3 Å². The summed E-state index contributed by atoms with van der Waals surface area (Å²) < 4.78 is 16.6. The van der Waals surface area contributed by atoms with Crippen LogP contribution in [0, 0.1) is 6.92 Å². The van der Waals surface area contributed by atoms with Gasteiger partial charge in [0.25, 0.3) is 11.1 Å². The Balaban J connectivity index is 1.27. The van der Waals surface area contributed by atoms with E-state index in [0.717, 1.165) is 28.0 Å². The fourth-order valence-electron chi connectivity index (χ4n) is 3.45. The molecule has 34 heavy (non-hydrogen) atoms. The SMILES string of the molecule is Cc1ccc(OCCOc2ccc(/C=C3\SC(=O)N(CC(=O)N4CCOCC4)C3=O)cc2)cc1. The van der Waals surface area contributed by atoms with Gasteiger partial charge in [-0.15, -0.1) is 0 Å². The van der Waals surface area contributed by atoms with Crippen LogP contribution in [0.1, 0.15) is 11.1 Å². The molecular weight excluding hydrogens is 456 g/mol. The smallest absolute Gasteiger partial charge is 0.294 e. The molecule has 2 fully saturated rings. The summed E-state index contributed by atoms with van der Waals surface area (Å²) in [4.78, 5) is 40.3. The van der Waals surface area contributed by atoms with E-state index in [4.69, 9.17) is 14.2 Å². The van der Waals surface area contributed by atoms with Crippen molar-refractivity contribution in [3.8, 4) is 11.5 Å². The van der Waals surface area contributed by atoms with Crippen LogP contribution >= 0.6 is 11.8 Å². The molecule has 0 bridgehead atoms. The van der Waals surface area contributed by atoms with Crippen LogP contribution in [0.25, 0.3) is 6.08 Å². The van der Waals surface area contributed by atoms with Gasteiger partial charge in [0.15, 0.2) is 0 Å². The van der Waals surface area contributed by atoms with E-state index in [0.29, 0.717) is 50.2 Å². The monoisotopic (exact) mass is 482 g/mol. The molecule has 3 amide bonds. The first kappa shape index (κ1) is 23.8. The molecule has 2 aliphatic heterocycles. The number of ether oxygens (including phenoxy) is 3. The lowest BCUT2D eigenvalue weighted by atomic mass is 10.2. The Morgan fingerprint density at radius 1 is 0.971 bits per heavy atom. The highest BCUT2D eigenvalue weighted by Gasteiger charge is 2.37. The Morgan fingerprint density at radius 3 is 2.18 bits per heavy atom. The summed E-state index contributed by atoms with van der Waals surface area (Å²) in [5.41, 5.74) is 1.93. The summed E-state index contributed by atoms with van der Waals surface area (Å²) in [6.45, 7) is 4.45. The highest BCUT2D eigenvalue weighted by Crippen LogP contribution is 2.32. The Bertz CT molecular complexity index is 1060. The van der Waals surface area contributed by atoms with Crippen LogP contribution in [0.5, 0.6) is 11.5 Å². The van der Waals surface area contributed by atoms with Gasteiger partial charge < -0.3 is 19.1 Å². The largest absolute Gasteiger partial charge is 0.490 e. The first-order valence-electron chi connectivity index (χ1n) is 11.0. The molecular formula is C25H26N2O6S. The molecule has 2 heterocycles. The van der Waals surface area contributed by atoms with E-state index >= 15 is 0 Å². The van der Waals surface area contributed by atoms with E-state index < -0.39 is 11.1 Å². The lowest BCUT2D eigenvalue weighted by Crippen LogP contribution is -2.46. The van der Waals surface area contributed by atoms with E-state index in [-0.39, 0.29) is 12.5 Å². The van der Waals surface area contributed by atoms with Gasteiger partial charge in [-0.2, -0.15) is 0 Å². The van der Waals surface area contributed by atoms with Gasteiger partial charge in [-0.1, -0.05) is 29.8 Å². The zero-order chi connectivity index (χ0) is 23.9. The Hall–Kier alpha value is -3.30. The fourth-order valence-corrected chi connectivity index (χ4v) is 4.29. The molecule has 2 aromatic carbocycles. The average molecular weight is 483 g/mol. The maximum atomic E-state index is 12.7. The summed E-state index contributed by atoms with van der Waals surface area (Å²) in [5.74, 6) is 0.768. The van der Waals surface area contributed by atoms with E-state index in [9.17, 15) is 14.4 Å². The Labute approximate surface area is 202 Å². The molecule has 9 heteroatoms. The summed E-state index contributed by atoms with van der Waals surface area (Å²) in [5, 5.41) is -0.439. The summed E-state index contributed by atoms with van der Waals surface area (Å²) >= 11 is 0.840. The topological polar surface area (TPSA) is 85.4 Å². The van der Waals surface area contributed by atoms with Crippen molar-refractivity contribution in [1.82, 2.24) is 9.80 Å². The highest BCUT2D eigenvalue weighted by molar-refractivity contribution is 8.18. The second kappa shape index (κ2) is 11.2. The maximum absolute atomic E-state index is 12.7. The molecule has 0 spiro atoms. The number of imide groups is 1. The highest BCUT2D eigenvalue weighted by atomic mass is 32.2. The third-order valence-electron chi connectivity index (χ3n) is 5.35.